The molecule has 1 aromatic heterocycles. The maximum Gasteiger partial charge on any atom is 0.270 e. The number of benzene rings is 2. The molecule has 0 atom stereocenters. The Hall–Kier alpha value is -3.68. The molecule has 0 aliphatic rings. The molecule has 0 spiro atoms. The molecule has 29 heavy (non-hydrogen) atoms. The number of nitrogens with zero attached hydrogens (tertiary/aromatic N) is 2. The van der Waals surface area contributed by atoms with E-state index in [9.17, 15) is 9.18 Å². The topological polar surface area (TPSA) is 85.4 Å². The third-order valence-corrected chi connectivity index (χ3v) is 4.16. The highest BCUT2D eigenvalue weighted by molar-refractivity contribution is 5.92. The Morgan fingerprint density at radius 3 is 2.59 bits per heavy atom. The largest absolute Gasteiger partial charge is 0.497 e. The number of halogens is 1. The van der Waals surface area contributed by atoms with Gasteiger partial charge in [0, 0.05) is 18.8 Å². The quantitative estimate of drug-likeness (QED) is 0.607. The Bertz CT molecular complexity index is 980. The molecule has 0 saturated carbocycles. The predicted molar refractivity (Wildman–Crippen MR) is 107 cm³/mol. The minimum absolute atomic E-state index is 0.231. The van der Waals surface area contributed by atoms with Crippen molar-refractivity contribution in [2.45, 2.75) is 6.42 Å². The lowest BCUT2D eigenvalue weighted by Gasteiger charge is -2.12. The van der Waals surface area contributed by atoms with Crippen LogP contribution in [0.5, 0.6) is 11.5 Å². The summed E-state index contributed by atoms with van der Waals surface area (Å²) >= 11 is 0. The van der Waals surface area contributed by atoms with Gasteiger partial charge in [-0.2, -0.15) is 0 Å². The van der Waals surface area contributed by atoms with Crippen LogP contribution in [0.1, 0.15) is 16.1 Å². The van der Waals surface area contributed by atoms with E-state index < -0.39 is 0 Å². The molecule has 0 saturated heterocycles. The molecule has 0 aliphatic carbocycles. The first-order valence-corrected chi connectivity index (χ1v) is 8.94. The molecule has 0 fully saturated rings. The zero-order chi connectivity index (χ0) is 20.6. The average molecular weight is 396 g/mol. The highest BCUT2D eigenvalue weighted by Gasteiger charge is 2.11. The summed E-state index contributed by atoms with van der Waals surface area (Å²) in [6.07, 6.45) is 2.09. The molecular formula is C21H21FN4O3. The van der Waals surface area contributed by atoms with Gasteiger partial charge in [-0.15, -0.1) is 0 Å². The maximum atomic E-state index is 12.9. The number of rotatable bonds is 8. The van der Waals surface area contributed by atoms with E-state index in [1.807, 2.05) is 0 Å². The summed E-state index contributed by atoms with van der Waals surface area (Å²) in [5.74, 6) is 0.871. The zero-order valence-corrected chi connectivity index (χ0v) is 16.1. The number of hydrogen-bond donors (Lipinski definition) is 2. The third kappa shape index (κ3) is 5.41. The second-order valence-electron chi connectivity index (χ2n) is 6.09. The van der Waals surface area contributed by atoms with Gasteiger partial charge in [0.25, 0.3) is 5.91 Å². The van der Waals surface area contributed by atoms with E-state index >= 15 is 0 Å². The molecule has 2 N–H and O–H groups in total. The molecule has 7 nitrogen and oxygen atoms in total. The van der Waals surface area contributed by atoms with Gasteiger partial charge in [-0.1, -0.05) is 12.1 Å². The predicted octanol–water partition coefficient (Wildman–Crippen LogP) is 3.35. The Morgan fingerprint density at radius 2 is 1.86 bits per heavy atom. The van der Waals surface area contributed by atoms with Crippen LogP contribution in [0.15, 0.2) is 54.7 Å². The summed E-state index contributed by atoms with van der Waals surface area (Å²) in [5.41, 5.74) is 1.81. The second kappa shape index (κ2) is 9.50. The van der Waals surface area contributed by atoms with Crippen LogP contribution >= 0.6 is 0 Å². The Balaban J connectivity index is 1.63. The molecule has 3 rings (SSSR count). The van der Waals surface area contributed by atoms with E-state index in [0.29, 0.717) is 30.2 Å². The standard InChI is InChI=1S/C21H21FN4O3/c1-28-16-7-8-17(19(13-16)29-2)25-21-24-12-10-18(26-21)20(27)23-11-9-14-3-5-15(22)6-4-14/h3-8,10,12-13H,9,11H2,1-2H3,(H,23,27)(H,24,25,26). The van der Waals surface area contributed by atoms with Crippen molar-refractivity contribution in [3.63, 3.8) is 0 Å². The highest BCUT2D eigenvalue weighted by atomic mass is 19.1. The minimum atomic E-state index is -0.320. The number of hydrogen-bond acceptors (Lipinski definition) is 6. The van der Waals surface area contributed by atoms with Crippen molar-refractivity contribution in [3.8, 4) is 11.5 Å². The summed E-state index contributed by atoms with van der Waals surface area (Å²) in [7, 11) is 3.12. The van der Waals surface area contributed by atoms with Gasteiger partial charge in [0.1, 0.15) is 23.0 Å². The van der Waals surface area contributed by atoms with Crippen molar-refractivity contribution in [1.29, 1.82) is 0 Å². The highest BCUT2D eigenvalue weighted by Crippen LogP contribution is 2.30. The number of carbonyl (C=O) groups is 1. The second-order valence-corrected chi connectivity index (χ2v) is 6.09. The van der Waals surface area contributed by atoms with Gasteiger partial charge >= 0.3 is 0 Å². The SMILES string of the molecule is COc1ccc(Nc2nccc(C(=O)NCCc3ccc(F)cc3)n2)c(OC)c1. The normalized spacial score (nSPS) is 10.3. The van der Waals surface area contributed by atoms with Crippen LogP contribution in [-0.2, 0) is 6.42 Å². The van der Waals surface area contributed by atoms with Crippen LogP contribution in [0.3, 0.4) is 0 Å². The number of carbonyl (C=O) groups excluding carboxylic acids is 1. The number of ether oxygens (including phenoxy) is 2. The van der Waals surface area contributed by atoms with E-state index in [1.165, 1.54) is 24.4 Å². The molecule has 3 aromatic rings. The monoisotopic (exact) mass is 396 g/mol. The van der Waals surface area contributed by atoms with Gasteiger partial charge in [0.05, 0.1) is 19.9 Å². The summed E-state index contributed by atoms with van der Waals surface area (Å²) in [6, 6.07) is 13.0. The number of methoxy groups -OCH3 is 2. The molecule has 1 amide bonds. The molecular weight excluding hydrogens is 375 g/mol. The lowest BCUT2D eigenvalue weighted by molar-refractivity contribution is 0.0949. The van der Waals surface area contributed by atoms with E-state index in [2.05, 4.69) is 20.6 Å². The van der Waals surface area contributed by atoms with Crippen LogP contribution in [0, 0.1) is 5.82 Å². The van der Waals surface area contributed by atoms with Gasteiger partial charge < -0.3 is 20.1 Å². The Labute approximate surface area is 167 Å². The van der Waals surface area contributed by atoms with E-state index in [-0.39, 0.29) is 23.4 Å². The van der Waals surface area contributed by atoms with E-state index in [1.54, 1.807) is 44.6 Å². The van der Waals surface area contributed by atoms with Crippen molar-refractivity contribution in [3.05, 3.63) is 71.8 Å². The number of aromatic nitrogens is 2. The van der Waals surface area contributed by atoms with Crippen LogP contribution < -0.4 is 20.1 Å². The fraction of sp³-hybridized carbons (Fsp3) is 0.190. The number of amides is 1. The number of nitrogens with one attached hydrogen (secondary N) is 2. The van der Waals surface area contributed by atoms with Gasteiger partial charge in [-0.05, 0) is 42.3 Å². The smallest absolute Gasteiger partial charge is 0.270 e. The number of anilines is 2. The van der Waals surface area contributed by atoms with Gasteiger partial charge in [0.2, 0.25) is 5.95 Å². The molecule has 8 heteroatoms. The van der Waals surface area contributed by atoms with Crippen molar-refractivity contribution in [2.24, 2.45) is 0 Å². The van der Waals surface area contributed by atoms with Crippen molar-refractivity contribution < 1.29 is 18.7 Å². The fourth-order valence-corrected chi connectivity index (χ4v) is 2.63. The molecule has 2 aromatic carbocycles. The molecule has 0 radical (unpaired) electrons. The summed E-state index contributed by atoms with van der Waals surface area (Å²) in [5, 5.41) is 5.84. The summed E-state index contributed by atoms with van der Waals surface area (Å²) < 4.78 is 23.5. The fourth-order valence-electron chi connectivity index (χ4n) is 2.63. The van der Waals surface area contributed by atoms with Crippen molar-refractivity contribution in [2.75, 3.05) is 26.1 Å². The summed E-state index contributed by atoms with van der Waals surface area (Å²) in [6.45, 7) is 0.406. The Morgan fingerprint density at radius 1 is 1.07 bits per heavy atom. The zero-order valence-electron chi connectivity index (χ0n) is 16.1. The van der Waals surface area contributed by atoms with E-state index in [0.717, 1.165) is 5.56 Å². The van der Waals surface area contributed by atoms with Crippen molar-refractivity contribution in [1.82, 2.24) is 15.3 Å². The molecule has 0 aliphatic heterocycles. The average Bonchev–Trinajstić information content (AvgIpc) is 2.75. The van der Waals surface area contributed by atoms with Crippen LogP contribution in [0.25, 0.3) is 0 Å². The molecule has 150 valence electrons. The third-order valence-electron chi connectivity index (χ3n) is 4.16. The first kappa shape index (κ1) is 20.1. The lowest BCUT2D eigenvalue weighted by Crippen LogP contribution is -2.26. The maximum absolute atomic E-state index is 12.9. The molecule has 1 heterocycles. The lowest BCUT2D eigenvalue weighted by atomic mass is 10.1. The molecule has 0 bridgehead atoms. The first-order chi connectivity index (χ1) is 14.1. The van der Waals surface area contributed by atoms with Gasteiger partial charge in [-0.25, -0.2) is 14.4 Å². The molecule has 0 unspecified atom stereocenters. The van der Waals surface area contributed by atoms with Gasteiger partial charge in [0.15, 0.2) is 0 Å². The van der Waals surface area contributed by atoms with Gasteiger partial charge in [-0.3, -0.25) is 4.79 Å². The first-order valence-electron chi connectivity index (χ1n) is 8.94. The van der Waals surface area contributed by atoms with E-state index in [4.69, 9.17) is 9.47 Å². The van der Waals surface area contributed by atoms with Crippen LogP contribution in [0.4, 0.5) is 16.0 Å². The van der Waals surface area contributed by atoms with Crippen LogP contribution in [0.2, 0.25) is 0 Å². The van der Waals surface area contributed by atoms with Crippen LogP contribution in [-0.4, -0.2) is 36.6 Å². The Kier molecular flexibility index (Phi) is 6.57. The summed E-state index contributed by atoms with van der Waals surface area (Å²) in [4.78, 5) is 20.8. The van der Waals surface area contributed by atoms with Crippen molar-refractivity contribution >= 4 is 17.5 Å². The minimum Gasteiger partial charge on any atom is -0.497 e.